The van der Waals surface area contributed by atoms with E-state index < -0.39 is 0 Å². The van der Waals surface area contributed by atoms with Gasteiger partial charge >= 0.3 is 0 Å². The Morgan fingerprint density at radius 1 is 1.07 bits per heavy atom. The van der Waals surface area contributed by atoms with Gasteiger partial charge in [-0.05, 0) is 24.3 Å². The predicted octanol–water partition coefficient (Wildman–Crippen LogP) is 1.17. The van der Waals surface area contributed by atoms with Crippen LogP contribution in [0.4, 0.5) is 5.69 Å². The van der Waals surface area contributed by atoms with E-state index in [9.17, 15) is 9.59 Å². The van der Waals surface area contributed by atoms with Crippen LogP contribution in [-0.2, 0) is 16.1 Å². The first-order chi connectivity index (χ1) is 13.2. The Hall–Kier alpha value is -2.96. The molecule has 140 valence electrons. The van der Waals surface area contributed by atoms with Gasteiger partial charge in [-0.3, -0.25) is 19.6 Å². The molecule has 7 heteroatoms. The molecular weight excluding hydrogens is 342 g/mol. The van der Waals surface area contributed by atoms with Crippen LogP contribution in [0.3, 0.4) is 0 Å². The maximum Gasteiger partial charge on any atom is 0.228 e. The first-order valence-corrected chi connectivity index (χ1v) is 9.32. The second-order valence-electron chi connectivity index (χ2n) is 7.02. The lowest BCUT2D eigenvalue weighted by molar-refractivity contribution is -0.136. The van der Waals surface area contributed by atoms with Crippen molar-refractivity contribution in [3.63, 3.8) is 0 Å². The standard InChI is InChI=1S/C20H23N5O2/c26-19-12-16(14-25(19)15-17-4-1-2-7-22-17)20(27)24-10-8-23(9-11-24)18-5-3-6-21-13-18/h1-7,13,16H,8-12,14-15H2/t16-/m0/s1. The number of anilines is 1. The Bertz CT molecular complexity index is 791. The first kappa shape index (κ1) is 17.5. The fraction of sp³-hybridized carbons (Fsp3) is 0.400. The van der Waals surface area contributed by atoms with Crippen LogP contribution in [0.25, 0.3) is 0 Å². The molecule has 2 aliphatic heterocycles. The molecule has 2 aliphatic rings. The van der Waals surface area contributed by atoms with E-state index in [2.05, 4.69) is 14.9 Å². The summed E-state index contributed by atoms with van der Waals surface area (Å²) in [4.78, 5) is 39.5. The number of rotatable bonds is 4. The smallest absolute Gasteiger partial charge is 0.228 e. The van der Waals surface area contributed by atoms with Crippen molar-refractivity contribution in [1.29, 1.82) is 0 Å². The van der Waals surface area contributed by atoms with Gasteiger partial charge in [0.25, 0.3) is 0 Å². The number of carbonyl (C=O) groups is 2. The molecule has 2 aromatic heterocycles. The first-order valence-electron chi connectivity index (χ1n) is 9.32. The summed E-state index contributed by atoms with van der Waals surface area (Å²) in [6, 6.07) is 9.63. The van der Waals surface area contributed by atoms with Crippen LogP contribution in [0.2, 0.25) is 0 Å². The van der Waals surface area contributed by atoms with Gasteiger partial charge in [-0.2, -0.15) is 0 Å². The molecule has 0 aliphatic carbocycles. The maximum atomic E-state index is 12.9. The number of amides is 2. The van der Waals surface area contributed by atoms with Crippen LogP contribution in [-0.4, -0.2) is 64.3 Å². The third-order valence-electron chi connectivity index (χ3n) is 5.25. The van der Waals surface area contributed by atoms with E-state index in [1.165, 1.54) is 0 Å². The van der Waals surface area contributed by atoms with Gasteiger partial charge in [0.05, 0.1) is 30.0 Å². The van der Waals surface area contributed by atoms with Crippen molar-refractivity contribution in [2.75, 3.05) is 37.6 Å². The summed E-state index contributed by atoms with van der Waals surface area (Å²) < 4.78 is 0. The average molecular weight is 365 g/mol. The lowest BCUT2D eigenvalue weighted by Gasteiger charge is -2.36. The number of nitrogens with zero attached hydrogens (tertiary/aromatic N) is 5. The Balaban J connectivity index is 1.32. The van der Waals surface area contributed by atoms with E-state index in [1.807, 2.05) is 41.4 Å². The van der Waals surface area contributed by atoms with E-state index >= 15 is 0 Å². The normalized spacial score (nSPS) is 20.2. The van der Waals surface area contributed by atoms with E-state index in [-0.39, 0.29) is 17.7 Å². The molecule has 0 N–H and O–H groups in total. The lowest BCUT2D eigenvalue weighted by atomic mass is 10.1. The van der Waals surface area contributed by atoms with Crippen molar-refractivity contribution < 1.29 is 9.59 Å². The maximum absolute atomic E-state index is 12.9. The molecule has 2 aromatic rings. The van der Waals surface area contributed by atoms with Gasteiger partial charge in [0.2, 0.25) is 11.8 Å². The quantitative estimate of drug-likeness (QED) is 0.814. The summed E-state index contributed by atoms with van der Waals surface area (Å²) in [6.45, 7) is 3.89. The minimum atomic E-state index is -0.244. The summed E-state index contributed by atoms with van der Waals surface area (Å²) in [6.07, 6.45) is 5.63. The molecule has 4 rings (SSSR count). The van der Waals surface area contributed by atoms with Crippen molar-refractivity contribution in [1.82, 2.24) is 19.8 Å². The molecule has 2 amide bonds. The molecule has 7 nitrogen and oxygen atoms in total. The Labute approximate surface area is 158 Å². The van der Waals surface area contributed by atoms with Crippen molar-refractivity contribution in [3.8, 4) is 0 Å². The summed E-state index contributed by atoms with van der Waals surface area (Å²) in [7, 11) is 0. The van der Waals surface area contributed by atoms with E-state index in [1.54, 1.807) is 17.3 Å². The number of carbonyl (C=O) groups excluding carboxylic acids is 2. The van der Waals surface area contributed by atoms with E-state index in [4.69, 9.17) is 0 Å². The summed E-state index contributed by atoms with van der Waals surface area (Å²) in [5, 5.41) is 0. The molecule has 27 heavy (non-hydrogen) atoms. The zero-order valence-corrected chi connectivity index (χ0v) is 15.2. The zero-order chi connectivity index (χ0) is 18.6. The third kappa shape index (κ3) is 3.92. The molecule has 2 saturated heterocycles. The van der Waals surface area contributed by atoms with Crippen LogP contribution in [0, 0.1) is 5.92 Å². The number of hydrogen-bond acceptors (Lipinski definition) is 5. The lowest BCUT2D eigenvalue weighted by Crippen LogP contribution is -2.50. The van der Waals surface area contributed by atoms with Crippen LogP contribution in [0.5, 0.6) is 0 Å². The summed E-state index contributed by atoms with van der Waals surface area (Å²) >= 11 is 0. The van der Waals surface area contributed by atoms with E-state index in [0.717, 1.165) is 24.5 Å². The topological polar surface area (TPSA) is 69.6 Å². The Morgan fingerprint density at radius 2 is 1.93 bits per heavy atom. The van der Waals surface area contributed by atoms with Gasteiger partial charge in [0, 0.05) is 51.5 Å². The molecule has 0 saturated carbocycles. The van der Waals surface area contributed by atoms with Gasteiger partial charge < -0.3 is 14.7 Å². The summed E-state index contributed by atoms with van der Waals surface area (Å²) in [5.74, 6) is -0.114. The second kappa shape index (κ2) is 7.73. The molecule has 0 aromatic carbocycles. The highest BCUT2D eigenvalue weighted by Gasteiger charge is 2.37. The molecule has 0 bridgehead atoms. The zero-order valence-electron chi connectivity index (χ0n) is 15.2. The highest BCUT2D eigenvalue weighted by Crippen LogP contribution is 2.23. The minimum Gasteiger partial charge on any atom is -0.367 e. The molecule has 2 fully saturated rings. The van der Waals surface area contributed by atoms with Gasteiger partial charge in [-0.25, -0.2) is 0 Å². The fourth-order valence-corrected chi connectivity index (χ4v) is 3.76. The van der Waals surface area contributed by atoms with Gasteiger partial charge in [0.15, 0.2) is 0 Å². The number of aromatic nitrogens is 2. The number of piperazine rings is 1. The number of likely N-dealkylation sites (tertiary alicyclic amines) is 1. The van der Waals surface area contributed by atoms with Crippen LogP contribution in [0.15, 0.2) is 48.9 Å². The fourth-order valence-electron chi connectivity index (χ4n) is 3.76. The molecular formula is C20H23N5O2. The van der Waals surface area contributed by atoms with Crippen molar-refractivity contribution in [3.05, 3.63) is 54.6 Å². The monoisotopic (exact) mass is 365 g/mol. The second-order valence-corrected chi connectivity index (χ2v) is 7.02. The molecule has 0 radical (unpaired) electrons. The Morgan fingerprint density at radius 3 is 2.63 bits per heavy atom. The largest absolute Gasteiger partial charge is 0.367 e. The van der Waals surface area contributed by atoms with Crippen molar-refractivity contribution in [2.45, 2.75) is 13.0 Å². The van der Waals surface area contributed by atoms with Crippen LogP contribution >= 0.6 is 0 Å². The SMILES string of the molecule is O=C1C[C@H](C(=O)N2CCN(c3cccnc3)CC2)CN1Cc1ccccn1. The Kier molecular flexibility index (Phi) is 5.00. The van der Waals surface area contributed by atoms with E-state index in [0.29, 0.717) is 32.6 Å². The van der Waals surface area contributed by atoms with Crippen molar-refractivity contribution >= 4 is 17.5 Å². The van der Waals surface area contributed by atoms with Gasteiger partial charge in [0.1, 0.15) is 0 Å². The highest BCUT2D eigenvalue weighted by atomic mass is 16.2. The van der Waals surface area contributed by atoms with Gasteiger partial charge in [-0.1, -0.05) is 6.07 Å². The number of hydrogen-bond donors (Lipinski definition) is 0. The molecule has 0 unspecified atom stereocenters. The van der Waals surface area contributed by atoms with Crippen molar-refractivity contribution in [2.24, 2.45) is 5.92 Å². The third-order valence-corrected chi connectivity index (χ3v) is 5.25. The summed E-state index contributed by atoms with van der Waals surface area (Å²) in [5.41, 5.74) is 1.94. The van der Waals surface area contributed by atoms with Crippen LogP contribution in [0.1, 0.15) is 12.1 Å². The molecule has 1 atom stereocenters. The van der Waals surface area contributed by atoms with Gasteiger partial charge in [-0.15, -0.1) is 0 Å². The molecule has 0 spiro atoms. The average Bonchev–Trinajstić information content (AvgIpc) is 3.09. The van der Waals surface area contributed by atoms with Crippen LogP contribution < -0.4 is 4.90 Å². The number of pyridine rings is 2. The molecule has 4 heterocycles. The predicted molar refractivity (Wildman–Crippen MR) is 101 cm³/mol. The highest BCUT2D eigenvalue weighted by molar-refractivity contribution is 5.89. The minimum absolute atomic E-state index is 0.0352.